The van der Waals surface area contributed by atoms with E-state index in [-0.39, 0.29) is 11.3 Å². The third kappa shape index (κ3) is 3.93. The van der Waals surface area contributed by atoms with Crippen molar-refractivity contribution in [3.05, 3.63) is 11.6 Å². The summed E-state index contributed by atoms with van der Waals surface area (Å²) in [6.45, 7) is 11.7. The minimum atomic E-state index is -0.893. The summed E-state index contributed by atoms with van der Waals surface area (Å²) in [6, 6.07) is 0. The molecule has 2 aliphatic carbocycles. The van der Waals surface area contributed by atoms with Crippen LogP contribution < -0.4 is 0 Å². The van der Waals surface area contributed by atoms with Gasteiger partial charge in [-0.3, -0.25) is 4.79 Å². The Morgan fingerprint density at radius 2 is 1.88 bits per heavy atom. The molecule has 0 bridgehead atoms. The predicted molar refractivity (Wildman–Crippen MR) is 98.1 cm³/mol. The van der Waals surface area contributed by atoms with Crippen LogP contribution >= 0.6 is 0 Å². The maximum absolute atomic E-state index is 11.2. The standard InChI is InChI=1S/C21H34O4/c1-15(13-18(23)24)7-8-17-20(4)11-6-10-19(2,3)16(20)9-12-21(17,5)25-14-22/h13-14,16-17H,6-12H2,1-5H3,(H,23,24)/t16-,17+,20-,21+/m0/s1. The Morgan fingerprint density at radius 3 is 2.48 bits per heavy atom. The molecule has 25 heavy (non-hydrogen) atoms. The molecule has 0 spiro atoms. The zero-order valence-electron chi connectivity index (χ0n) is 16.4. The average molecular weight is 350 g/mol. The number of hydrogen-bond donors (Lipinski definition) is 1. The van der Waals surface area contributed by atoms with Gasteiger partial charge in [-0.1, -0.05) is 32.8 Å². The lowest BCUT2D eigenvalue weighted by molar-refractivity contribution is -0.190. The first-order valence-electron chi connectivity index (χ1n) is 9.57. The summed E-state index contributed by atoms with van der Waals surface area (Å²) < 4.78 is 5.66. The molecule has 2 saturated carbocycles. The van der Waals surface area contributed by atoms with Crippen LogP contribution in [0, 0.1) is 22.7 Å². The first-order chi connectivity index (χ1) is 11.5. The van der Waals surface area contributed by atoms with Gasteiger partial charge in [0, 0.05) is 12.0 Å². The van der Waals surface area contributed by atoms with E-state index in [1.165, 1.54) is 18.9 Å². The van der Waals surface area contributed by atoms with E-state index in [2.05, 4.69) is 27.7 Å². The fourth-order valence-electron chi connectivity index (χ4n) is 6.15. The zero-order chi connectivity index (χ0) is 18.9. The third-order valence-corrected chi connectivity index (χ3v) is 7.25. The smallest absolute Gasteiger partial charge is 0.328 e. The number of carbonyl (C=O) groups is 2. The second-order valence-corrected chi connectivity index (χ2v) is 9.39. The van der Waals surface area contributed by atoms with Gasteiger partial charge in [0.1, 0.15) is 5.60 Å². The first kappa shape index (κ1) is 20.0. The van der Waals surface area contributed by atoms with Gasteiger partial charge >= 0.3 is 5.97 Å². The zero-order valence-corrected chi connectivity index (χ0v) is 16.4. The van der Waals surface area contributed by atoms with Gasteiger partial charge in [0.15, 0.2) is 0 Å². The highest BCUT2D eigenvalue weighted by molar-refractivity contribution is 5.80. The van der Waals surface area contributed by atoms with Crippen LogP contribution in [0.4, 0.5) is 0 Å². The molecule has 0 aromatic heterocycles. The van der Waals surface area contributed by atoms with Gasteiger partial charge in [-0.15, -0.1) is 0 Å². The van der Waals surface area contributed by atoms with Crippen molar-refractivity contribution in [3.63, 3.8) is 0 Å². The Bertz CT molecular complexity index is 550. The summed E-state index contributed by atoms with van der Waals surface area (Å²) in [5.41, 5.74) is 0.854. The van der Waals surface area contributed by atoms with Crippen LogP contribution in [-0.4, -0.2) is 23.1 Å². The van der Waals surface area contributed by atoms with Crippen molar-refractivity contribution in [1.29, 1.82) is 0 Å². The largest absolute Gasteiger partial charge is 0.478 e. The molecule has 142 valence electrons. The van der Waals surface area contributed by atoms with Crippen LogP contribution in [-0.2, 0) is 14.3 Å². The van der Waals surface area contributed by atoms with E-state index in [1.807, 2.05) is 6.92 Å². The predicted octanol–water partition coefficient (Wildman–Crippen LogP) is 4.97. The van der Waals surface area contributed by atoms with Crippen LogP contribution in [0.3, 0.4) is 0 Å². The van der Waals surface area contributed by atoms with Crippen LogP contribution in [0.2, 0.25) is 0 Å². The number of hydrogen-bond acceptors (Lipinski definition) is 3. The lowest BCUT2D eigenvalue weighted by Gasteiger charge is -2.61. The van der Waals surface area contributed by atoms with Gasteiger partial charge in [-0.05, 0) is 69.1 Å². The molecular weight excluding hydrogens is 316 g/mol. The molecule has 0 aromatic carbocycles. The van der Waals surface area contributed by atoms with Crippen molar-refractivity contribution in [2.24, 2.45) is 22.7 Å². The summed E-state index contributed by atoms with van der Waals surface area (Å²) in [4.78, 5) is 22.1. The molecule has 2 fully saturated rings. The minimum absolute atomic E-state index is 0.126. The Balaban J connectivity index is 2.32. The lowest BCUT2D eigenvalue weighted by atomic mass is 9.45. The summed E-state index contributed by atoms with van der Waals surface area (Å²) in [7, 11) is 0. The van der Waals surface area contributed by atoms with E-state index in [0.29, 0.717) is 17.8 Å². The van der Waals surface area contributed by atoms with Crippen molar-refractivity contribution in [2.75, 3.05) is 0 Å². The fraction of sp³-hybridized carbons (Fsp3) is 0.810. The molecule has 0 unspecified atom stereocenters. The Kier molecular flexibility index (Phi) is 5.70. The topological polar surface area (TPSA) is 63.6 Å². The van der Waals surface area contributed by atoms with Crippen molar-refractivity contribution in [1.82, 2.24) is 0 Å². The van der Waals surface area contributed by atoms with Gasteiger partial charge in [0.05, 0.1) is 0 Å². The number of ether oxygens (including phenoxy) is 1. The maximum atomic E-state index is 11.2. The van der Waals surface area contributed by atoms with Crippen LogP contribution in [0.1, 0.15) is 79.6 Å². The van der Waals surface area contributed by atoms with Crippen molar-refractivity contribution in [2.45, 2.75) is 85.2 Å². The van der Waals surface area contributed by atoms with Gasteiger partial charge < -0.3 is 9.84 Å². The monoisotopic (exact) mass is 350 g/mol. The summed E-state index contributed by atoms with van der Waals surface area (Å²) in [5.74, 6) is -0.0255. The summed E-state index contributed by atoms with van der Waals surface area (Å²) in [5, 5.41) is 8.97. The van der Waals surface area contributed by atoms with Gasteiger partial charge in [-0.2, -0.15) is 0 Å². The van der Waals surface area contributed by atoms with Gasteiger partial charge in [0.2, 0.25) is 0 Å². The van der Waals surface area contributed by atoms with E-state index in [4.69, 9.17) is 9.84 Å². The number of carboxylic acid groups (broad SMARTS) is 1. The molecule has 0 heterocycles. The highest BCUT2D eigenvalue weighted by atomic mass is 16.5. The van der Waals surface area contributed by atoms with Crippen molar-refractivity contribution < 1.29 is 19.4 Å². The Labute approximate surface area is 152 Å². The SMILES string of the molecule is CC(=CC(=O)O)CC[C@@H]1[C@@]2(C)CCCC(C)(C)[C@@H]2CC[C@@]1(C)OC=O. The van der Waals surface area contributed by atoms with Crippen LogP contribution in [0.5, 0.6) is 0 Å². The first-order valence-corrected chi connectivity index (χ1v) is 9.57. The van der Waals surface area contributed by atoms with Crippen LogP contribution in [0.25, 0.3) is 0 Å². The molecule has 4 nitrogen and oxygen atoms in total. The highest BCUT2D eigenvalue weighted by Gasteiger charge is 2.58. The molecule has 0 aliphatic heterocycles. The van der Waals surface area contributed by atoms with Gasteiger partial charge in [0.25, 0.3) is 6.47 Å². The molecule has 4 heteroatoms. The van der Waals surface area contributed by atoms with E-state index in [0.717, 1.165) is 37.7 Å². The molecule has 0 amide bonds. The number of allylic oxidation sites excluding steroid dienone is 1. The second-order valence-electron chi connectivity index (χ2n) is 9.39. The number of carboxylic acids is 1. The van der Waals surface area contributed by atoms with Gasteiger partial charge in [-0.25, -0.2) is 4.79 Å². The number of fused-ring (bicyclic) bond motifs is 1. The Hall–Kier alpha value is -1.32. The molecule has 1 N–H and O–H groups in total. The van der Waals surface area contributed by atoms with E-state index < -0.39 is 11.6 Å². The highest BCUT2D eigenvalue weighted by Crippen LogP contribution is 2.63. The molecule has 0 saturated heterocycles. The fourth-order valence-corrected chi connectivity index (χ4v) is 6.15. The Morgan fingerprint density at radius 1 is 1.20 bits per heavy atom. The average Bonchev–Trinajstić information content (AvgIpc) is 2.44. The van der Waals surface area contributed by atoms with Crippen LogP contribution in [0.15, 0.2) is 11.6 Å². The lowest BCUT2D eigenvalue weighted by Crippen LogP contribution is -2.58. The minimum Gasteiger partial charge on any atom is -0.478 e. The van der Waals surface area contributed by atoms with E-state index in [9.17, 15) is 9.59 Å². The molecule has 0 aromatic rings. The molecular formula is C21H34O4. The number of aliphatic carboxylic acids is 1. The van der Waals surface area contributed by atoms with Crippen molar-refractivity contribution in [3.8, 4) is 0 Å². The quantitative estimate of drug-likeness (QED) is 0.542. The van der Waals surface area contributed by atoms with E-state index in [1.54, 1.807) is 0 Å². The normalized spacial score (nSPS) is 37.9. The molecule has 2 aliphatic rings. The summed E-state index contributed by atoms with van der Waals surface area (Å²) >= 11 is 0. The molecule has 2 rings (SSSR count). The third-order valence-electron chi connectivity index (χ3n) is 7.25. The summed E-state index contributed by atoms with van der Waals surface area (Å²) in [6.07, 6.45) is 8.49. The maximum Gasteiger partial charge on any atom is 0.328 e. The van der Waals surface area contributed by atoms with E-state index >= 15 is 0 Å². The molecule has 4 atom stereocenters. The number of rotatable bonds is 6. The molecule has 0 radical (unpaired) electrons. The number of carbonyl (C=O) groups excluding carboxylic acids is 1. The second kappa shape index (κ2) is 7.13. The van der Waals surface area contributed by atoms with Crippen molar-refractivity contribution >= 4 is 12.4 Å².